The molecule has 0 aliphatic carbocycles. The Kier molecular flexibility index (Phi) is 5.70. The molecule has 28 heavy (non-hydrogen) atoms. The molecule has 2 N–H and O–H groups in total. The van der Waals surface area contributed by atoms with Crippen LogP contribution in [0.1, 0.15) is 37.4 Å². The molecule has 0 saturated carbocycles. The molecular weight excluding hydrogens is 378 g/mol. The fraction of sp³-hybridized carbons (Fsp3) is 0.286. The maximum absolute atomic E-state index is 12.6. The summed E-state index contributed by atoms with van der Waals surface area (Å²) < 4.78 is 0. The summed E-state index contributed by atoms with van der Waals surface area (Å²) in [5.74, 6) is -0.586. The molecule has 3 rings (SSSR count). The number of imide groups is 1. The summed E-state index contributed by atoms with van der Waals surface area (Å²) in [5.41, 5.74) is 0.873. The number of rotatable bonds is 6. The number of nitrogens with zero attached hydrogens (tertiary/aromatic N) is 1. The number of hydrogen-bond acceptors (Lipinski definition) is 3. The molecule has 0 spiro atoms. The number of urea groups is 1. The Morgan fingerprint density at radius 1 is 1.07 bits per heavy atom. The van der Waals surface area contributed by atoms with Crippen LogP contribution in [-0.2, 0) is 9.59 Å². The summed E-state index contributed by atoms with van der Waals surface area (Å²) in [5, 5.41) is 6.21. The molecule has 146 valence electrons. The van der Waals surface area contributed by atoms with Crippen molar-refractivity contribution in [3.05, 3.63) is 70.7 Å². The molecule has 2 aromatic rings. The molecule has 6 nitrogen and oxygen atoms in total. The van der Waals surface area contributed by atoms with E-state index in [0.717, 1.165) is 16.0 Å². The first kappa shape index (κ1) is 19.9. The van der Waals surface area contributed by atoms with Gasteiger partial charge in [-0.1, -0.05) is 54.1 Å². The fourth-order valence-corrected chi connectivity index (χ4v) is 3.25. The van der Waals surface area contributed by atoms with Gasteiger partial charge in [0.15, 0.2) is 0 Å². The second-order valence-electron chi connectivity index (χ2n) is 7.22. The molecule has 1 aliphatic heterocycles. The van der Waals surface area contributed by atoms with Crippen molar-refractivity contribution in [3.63, 3.8) is 0 Å². The van der Waals surface area contributed by atoms with Crippen LogP contribution in [0.2, 0.25) is 5.02 Å². The lowest BCUT2D eigenvalue weighted by Crippen LogP contribution is -2.41. The molecular formula is C21H22ClN3O3. The third-order valence-corrected chi connectivity index (χ3v) is 4.90. The van der Waals surface area contributed by atoms with Gasteiger partial charge in [-0.25, -0.2) is 4.79 Å². The SMILES string of the molecule is CC1(C)NC(=O)N(CCC(=O)N[C@@H](c2ccccc2)c2ccc(Cl)cc2)C1=O. The molecule has 1 atom stereocenters. The fourth-order valence-electron chi connectivity index (χ4n) is 3.13. The van der Waals surface area contributed by atoms with E-state index in [1.54, 1.807) is 26.0 Å². The maximum Gasteiger partial charge on any atom is 0.325 e. The smallest absolute Gasteiger partial charge is 0.325 e. The topological polar surface area (TPSA) is 78.5 Å². The molecule has 0 radical (unpaired) electrons. The summed E-state index contributed by atoms with van der Waals surface area (Å²) in [4.78, 5) is 37.9. The van der Waals surface area contributed by atoms with E-state index in [4.69, 9.17) is 11.6 Å². The zero-order chi connectivity index (χ0) is 20.3. The molecule has 1 saturated heterocycles. The predicted octanol–water partition coefficient (Wildman–Crippen LogP) is 3.27. The first-order valence-electron chi connectivity index (χ1n) is 9.02. The van der Waals surface area contributed by atoms with Crippen molar-refractivity contribution in [3.8, 4) is 0 Å². The normalized spacial score (nSPS) is 16.6. The van der Waals surface area contributed by atoms with Crippen LogP contribution in [-0.4, -0.2) is 34.8 Å². The van der Waals surface area contributed by atoms with Crippen LogP contribution >= 0.6 is 11.6 Å². The van der Waals surface area contributed by atoms with Gasteiger partial charge in [0.25, 0.3) is 5.91 Å². The maximum atomic E-state index is 12.6. The third-order valence-electron chi connectivity index (χ3n) is 4.65. The van der Waals surface area contributed by atoms with Gasteiger partial charge in [-0.15, -0.1) is 0 Å². The number of nitrogens with one attached hydrogen (secondary N) is 2. The van der Waals surface area contributed by atoms with E-state index in [2.05, 4.69) is 10.6 Å². The Hall–Kier alpha value is -2.86. The number of carbonyl (C=O) groups is 3. The average Bonchev–Trinajstić information content (AvgIpc) is 2.86. The van der Waals surface area contributed by atoms with Crippen LogP contribution in [0.25, 0.3) is 0 Å². The highest BCUT2D eigenvalue weighted by molar-refractivity contribution is 6.30. The van der Waals surface area contributed by atoms with Gasteiger partial charge in [-0.3, -0.25) is 14.5 Å². The van der Waals surface area contributed by atoms with Crippen LogP contribution in [0, 0.1) is 0 Å². The zero-order valence-electron chi connectivity index (χ0n) is 15.7. The highest BCUT2D eigenvalue weighted by Gasteiger charge is 2.44. The molecule has 1 fully saturated rings. The number of benzene rings is 2. The highest BCUT2D eigenvalue weighted by Crippen LogP contribution is 2.24. The molecule has 0 bridgehead atoms. The summed E-state index contributed by atoms with van der Waals surface area (Å²) in [6.07, 6.45) is 0.0200. The predicted molar refractivity (Wildman–Crippen MR) is 107 cm³/mol. The minimum Gasteiger partial charge on any atom is -0.345 e. The van der Waals surface area contributed by atoms with E-state index in [-0.39, 0.29) is 30.8 Å². The van der Waals surface area contributed by atoms with Crippen molar-refractivity contribution in [1.82, 2.24) is 15.5 Å². The summed E-state index contributed by atoms with van der Waals surface area (Å²) >= 11 is 5.98. The number of amides is 4. The Bertz CT molecular complexity index is 882. The molecule has 2 aromatic carbocycles. The van der Waals surface area contributed by atoms with Gasteiger partial charge < -0.3 is 10.6 Å². The molecule has 0 unspecified atom stereocenters. The minimum absolute atomic E-state index is 0.0200. The van der Waals surface area contributed by atoms with Gasteiger partial charge in [0.05, 0.1) is 6.04 Å². The van der Waals surface area contributed by atoms with E-state index in [1.807, 2.05) is 42.5 Å². The minimum atomic E-state index is -0.941. The van der Waals surface area contributed by atoms with Gasteiger partial charge in [0.2, 0.25) is 5.91 Å². The quantitative estimate of drug-likeness (QED) is 0.732. The Morgan fingerprint density at radius 2 is 1.68 bits per heavy atom. The van der Waals surface area contributed by atoms with Crippen molar-refractivity contribution in [2.24, 2.45) is 0 Å². The van der Waals surface area contributed by atoms with Crippen LogP contribution in [0.3, 0.4) is 0 Å². The van der Waals surface area contributed by atoms with Crippen LogP contribution < -0.4 is 10.6 Å². The Labute approximate surface area is 168 Å². The molecule has 1 aliphatic rings. The standard InChI is InChI=1S/C21H22ClN3O3/c1-21(2)19(27)25(20(28)24-21)13-12-17(26)23-18(14-6-4-3-5-7-14)15-8-10-16(22)11-9-15/h3-11,18H,12-13H2,1-2H3,(H,23,26)(H,24,28)/t18-/m0/s1. The second kappa shape index (κ2) is 8.02. The number of hydrogen-bond donors (Lipinski definition) is 2. The highest BCUT2D eigenvalue weighted by atomic mass is 35.5. The first-order chi connectivity index (χ1) is 13.3. The van der Waals surface area contributed by atoms with Crippen LogP contribution in [0.4, 0.5) is 4.79 Å². The van der Waals surface area contributed by atoms with Crippen LogP contribution in [0.5, 0.6) is 0 Å². The van der Waals surface area contributed by atoms with Gasteiger partial charge in [-0.2, -0.15) is 0 Å². The third kappa shape index (κ3) is 4.34. The summed E-state index contributed by atoms with van der Waals surface area (Å²) in [7, 11) is 0. The van der Waals surface area contributed by atoms with Gasteiger partial charge in [-0.05, 0) is 37.1 Å². The van der Waals surface area contributed by atoms with Crippen molar-refractivity contribution in [1.29, 1.82) is 0 Å². The first-order valence-corrected chi connectivity index (χ1v) is 9.39. The molecule has 0 aromatic heterocycles. The Morgan fingerprint density at radius 3 is 2.25 bits per heavy atom. The summed E-state index contributed by atoms with van der Waals surface area (Å²) in [6.45, 7) is 3.31. The van der Waals surface area contributed by atoms with E-state index in [0.29, 0.717) is 5.02 Å². The lowest BCUT2D eigenvalue weighted by molar-refractivity contribution is -0.130. The number of halogens is 1. The van der Waals surface area contributed by atoms with E-state index in [9.17, 15) is 14.4 Å². The van der Waals surface area contributed by atoms with E-state index in [1.165, 1.54) is 0 Å². The van der Waals surface area contributed by atoms with Gasteiger partial charge in [0, 0.05) is 18.0 Å². The van der Waals surface area contributed by atoms with Crippen molar-refractivity contribution in [2.75, 3.05) is 6.54 Å². The van der Waals surface area contributed by atoms with Crippen LogP contribution in [0.15, 0.2) is 54.6 Å². The molecule has 7 heteroatoms. The zero-order valence-corrected chi connectivity index (χ0v) is 16.5. The molecule has 1 heterocycles. The monoisotopic (exact) mass is 399 g/mol. The lowest BCUT2D eigenvalue weighted by Gasteiger charge is -2.21. The Balaban J connectivity index is 1.71. The van der Waals surface area contributed by atoms with Gasteiger partial charge >= 0.3 is 6.03 Å². The average molecular weight is 400 g/mol. The largest absolute Gasteiger partial charge is 0.345 e. The van der Waals surface area contributed by atoms with Crippen molar-refractivity contribution < 1.29 is 14.4 Å². The lowest BCUT2D eigenvalue weighted by atomic mass is 9.98. The second-order valence-corrected chi connectivity index (χ2v) is 7.66. The van der Waals surface area contributed by atoms with E-state index < -0.39 is 11.6 Å². The van der Waals surface area contributed by atoms with E-state index >= 15 is 0 Å². The van der Waals surface area contributed by atoms with Crippen molar-refractivity contribution in [2.45, 2.75) is 31.8 Å². The number of carbonyl (C=O) groups excluding carboxylic acids is 3. The molecule has 4 amide bonds. The van der Waals surface area contributed by atoms with Gasteiger partial charge in [0.1, 0.15) is 5.54 Å². The summed E-state index contributed by atoms with van der Waals surface area (Å²) in [6, 6.07) is 16.0. The van der Waals surface area contributed by atoms with Crippen molar-refractivity contribution >= 4 is 29.4 Å².